The summed E-state index contributed by atoms with van der Waals surface area (Å²) >= 11 is 1.68. The molecule has 10 heavy (non-hydrogen) atoms. The van der Waals surface area contributed by atoms with Gasteiger partial charge in [0.2, 0.25) is 0 Å². The van der Waals surface area contributed by atoms with Gasteiger partial charge in [-0.3, -0.25) is 4.79 Å². The molecule has 2 radical (unpaired) electrons. The lowest BCUT2D eigenvalue weighted by Gasteiger charge is -1.89. The first-order valence-electron chi connectivity index (χ1n) is 3.11. The Balaban J connectivity index is 2.21. The van der Waals surface area contributed by atoms with E-state index < -0.39 is 0 Å². The van der Waals surface area contributed by atoms with Crippen molar-refractivity contribution in [2.45, 2.75) is 12.8 Å². The van der Waals surface area contributed by atoms with Crippen molar-refractivity contribution in [1.29, 1.82) is 0 Å². The normalized spacial score (nSPS) is 9.60. The highest BCUT2D eigenvalue weighted by atomic mass is 32.1. The Bertz CT molecular complexity index is 179. The van der Waals surface area contributed by atoms with E-state index in [-0.39, 0.29) is 0 Å². The molecule has 0 aromatic carbocycles. The molecule has 0 unspecified atom stereocenters. The zero-order valence-electron chi connectivity index (χ0n) is 5.54. The molecule has 0 fully saturated rings. The summed E-state index contributed by atoms with van der Waals surface area (Å²) in [6.45, 7) is 0. The first kappa shape index (κ1) is 7.48. The van der Waals surface area contributed by atoms with Gasteiger partial charge in [0.1, 0.15) is 0 Å². The molecule has 0 aliphatic heterocycles. The topological polar surface area (TPSA) is 17.1 Å². The monoisotopic (exact) mass is 152 g/mol. The zero-order valence-corrected chi connectivity index (χ0v) is 6.36. The third kappa shape index (κ3) is 2.31. The summed E-state index contributed by atoms with van der Waals surface area (Å²) in [5, 5.41) is 4.12. The predicted octanol–water partition coefficient (Wildman–Crippen LogP) is 1.99. The molecule has 1 nitrogen and oxygen atoms in total. The Hall–Kier alpha value is -0.630. The van der Waals surface area contributed by atoms with Crippen molar-refractivity contribution in [1.82, 2.24) is 0 Å². The van der Waals surface area contributed by atoms with E-state index in [2.05, 4.69) is 11.4 Å². The van der Waals surface area contributed by atoms with E-state index >= 15 is 0 Å². The quantitative estimate of drug-likeness (QED) is 0.603. The van der Waals surface area contributed by atoms with Crippen LogP contribution in [0.3, 0.4) is 0 Å². The van der Waals surface area contributed by atoms with Crippen molar-refractivity contribution in [3.8, 4) is 0 Å². The van der Waals surface area contributed by atoms with E-state index in [0.29, 0.717) is 6.42 Å². The first-order valence-corrected chi connectivity index (χ1v) is 4.05. The Morgan fingerprint density at radius 3 is 3.20 bits per heavy atom. The fraction of sp³-hybridized carbons (Fsp3) is 0.250. The van der Waals surface area contributed by atoms with Gasteiger partial charge in [-0.05, 0) is 35.2 Å². The minimum atomic E-state index is 0.440. The van der Waals surface area contributed by atoms with Gasteiger partial charge in [0.05, 0.1) is 0 Å². The Morgan fingerprint density at radius 1 is 1.70 bits per heavy atom. The predicted molar refractivity (Wildman–Crippen MR) is 42.6 cm³/mol. The minimum absolute atomic E-state index is 0.440. The fourth-order valence-corrected chi connectivity index (χ4v) is 1.39. The third-order valence-corrected chi connectivity index (χ3v) is 1.92. The molecule has 0 aliphatic carbocycles. The molecule has 0 saturated carbocycles. The summed E-state index contributed by atoms with van der Waals surface area (Å²) < 4.78 is 0. The molecular weight excluding hydrogens is 144 g/mol. The van der Waals surface area contributed by atoms with Crippen molar-refractivity contribution in [3.63, 3.8) is 0 Å². The number of carbonyl (C=O) groups excluding carboxylic acids is 1. The third-order valence-electron chi connectivity index (χ3n) is 1.19. The van der Waals surface area contributed by atoms with E-state index in [9.17, 15) is 4.79 Å². The molecule has 0 bridgehead atoms. The second-order valence-corrected chi connectivity index (χ2v) is 2.75. The van der Waals surface area contributed by atoms with Crippen molar-refractivity contribution in [2.24, 2.45) is 0 Å². The van der Waals surface area contributed by atoms with Crippen LogP contribution in [0.2, 0.25) is 0 Å². The van der Waals surface area contributed by atoms with Crippen LogP contribution in [-0.4, -0.2) is 6.29 Å². The molecule has 1 rings (SSSR count). The van der Waals surface area contributed by atoms with Gasteiger partial charge in [-0.1, -0.05) is 0 Å². The zero-order chi connectivity index (χ0) is 7.23. The summed E-state index contributed by atoms with van der Waals surface area (Å²) in [4.78, 5) is 9.78. The molecule has 0 amide bonds. The Morgan fingerprint density at radius 2 is 2.60 bits per heavy atom. The molecular formula is C8H8OS. The summed E-state index contributed by atoms with van der Waals surface area (Å²) in [6.07, 6.45) is 5.08. The summed E-state index contributed by atoms with van der Waals surface area (Å²) in [6, 6.07) is 2.06. The number of unbranched alkanes of at least 4 members (excludes halogenated alkanes) is 1. The maximum absolute atomic E-state index is 9.78. The van der Waals surface area contributed by atoms with Crippen molar-refractivity contribution < 1.29 is 4.79 Å². The number of hydrogen-bond acceptors (Lipinski definition) is 2. The van der Waals surface area contributed by atoms with Crippen LogP contribution in [0.5, 0.6) is 0 Å². The van der Waals surface area contributed by atoms with Gasteiger partial charge >= 0.3 is 0 Å². The maximum atomic E-state index is 9.78. The molecule has 0 saturated heterocycles. The second kappa shape index (κ2) is 4.23. The largest absolute Gasteiger partial charge is 0.291 e. The Labute approximate surface area is 64.7 Å². The molecule has 52 valence electrons. The highest BCUT2D eigenvalue weighted by Crippen LogP contribution is 2.08. The minimum Gasteiger partial charge on any atom is -0.291 e. The average molecular weight is 152 g/mol. The van der Waals surface area contributed by atoms with Crippen LogP contribution in [0.25, 0.3) is 0 Å². The van der Waals surface area contributed by atoms with Gasteiger partial charge in [0.25, 0.3) is 0 Å². The van der Waals surface area contributed by atoms with Crippen LogP contribution in [-0.2, 0) is 11.2 Å². The van der Waals surface area contributed by atoms with Gasteiger partial charge < -0.3 is 0 Å². The lowest BCUT2D eigenvalue weighted by molar-refractivity contribution is 0.554. The SMILES string of the molecule is O=[C]C[CH]Cc1ccsc1. The molecule has 1 aromatic rings. The smallest absolute Gasteiger partial charge is 0.198 e. The molecule has 2 heteroatoms. The maximum Gasteiger partial charge on any atom is 0.198 e. The van der Waals surface area contributed by atoms with Gasteiger partial charge in [-0.15, -0.1) is 0 Å². The molecule has 0 aliphatic rings. The van der Waals surface area contributed by atoms with Crippen LogP contribution < -0.4 is 0 Å². The van der Waals surface area contributed by atoms with Crippen LogP contribution in [0, 0.1) is 6.42 Å². The van der Waals surface area contributed by atoms with E-state index in [1.54, 1.807) is 11.3 Å². The van der Waals surface area contributed by atoms with E-state index in [1.165, 1.54) is 5.56 Å². The van der Waals surface area contributed by atoms with Crippen LogP contribution >= 0.6 is 11.3 Å². The number of rotatable bonds is 4. The number of hydrogen-bond donors (Lipinski definition) is 0. The summed E-state index contributed by atoms with van der Waals surface area (Å²) in [5.41, 5.74) is 1.28. The van der Waals surface area contributed by atoms with Gasteiger partial charge in [-0.2, -0.15) is 11.3 Å². The lowest BCUT2D eigenvalue weighted by Crippen LogP contribution is -1.83. The number of thiophene rings is 1. The van der Waals surface area contributed by atoms with E-state index in [4.69, 9.17) is 0 Å². The molecule has 0 spiro atoms. The van der Waals surface area contributed by atoms with Crippen LogP contribution in [0.1, 0.15) is 12.0 Å². The first-order chi connectivity index (χ1) is 4.93. The fourth-order valence-electron chi connectivity index (χ4n) is 0.707. The average Bonchev–Trinajstić information content (AvgIpc) is 2.41. The molecule has 1 heterocycles. The Kier molecular flexibility index (Phi) is 3.16. The van der Waals surface area contributed by atoms with E-state index in [1.807, 2.05) is 18.1 Å². The van der Waals surface area contributed by atoms with Crippen LogP contribution in [0.4, 0.5) is 0 Å². The van der Waals surface area contributed by atoms with Crippen LogP contribution in [0.15, 0.2) is 16.8 Å². The summed E-state index contributed by atoms with van der Waals surface area (Å²) in [7, 11) is 0. The standard InChI is InChI=1S/C8H8OS/c9-5-2-1-3-8-4-6-10-7-8/h1,4,6-7H,2-3H2. The van der Waals surface area contributed by atoms with E-state index in [0.717, 1.165) is 6.42 Å². The van der Waals surface area contributed by atoms with Gasteiger partial charge in [-0.25, -0.2) is 0 Å². The highest BCUT2D eigenvalue weighted by Gasteiger charge is 1.91. The van der Waals surface area contributed by atoms with Crippen molar-refractivity contribution in [2.75, 3.05) is 0 Å². The van der Waals surface area contributed by atoms with Gasteiger partial charge in [0, 0.05) is 6.42 Å². The molecule has 1 aromatic heterocycles. The lowest BCUT2D eigenvalue weighted by atomic mass is 10.2. The van der Waals surface area contributed by atoms with Gasteiger partial charge in [0.15, 0.2) is 6.29 Å². The van der Waals surface area contributed by atoms with Crippen molar-refractivity contribution >= 4 is 17.6 Å². The highest BCUT2D eigenvalue weighted by molar-refractivity contribution is 7.07. The molecule has 0 atom stereocenters. The second-order valence-electron chi connectivity index (χ2n) is 1.97. The summed E-state index contributed by atoms with van der Waals surface area (Å²) in [5.74, 6) is 0. The van der Waals surface area contributed by atoms with Crippen molar-refractivity contribution in [3.05, 3.63) is 28.8 Å². The molecule has 0 N–H and O–H groups in total.